The van der Waals surface area contributed by atoms with Crippen LogP contribution in [0.1, 0.15) is 60.4 Å². The van der Waals surface area contributed by atoms with Gasteiger partial charge in [0.2, 0.25) is 5.91 Å². The Balaban J connectivity index is 1.54. The lowest BCUT2D eigenvalue weighted by Crippen LogP contribution is -2.33. The predicted molar refractivity (Wildman–Crippen MR) is 109 cm³/mol. The third kappa shape index (κ3) is 5.13. The van der Waals surface area contributed by atoms with E-state index in [1.54, 1.807) is 12.1 Å². The van der Waals surface area contributed by atoms with Gasteiger partial charge in [0.1, 0.15) is 0 Å². The fourth-order valence-corrected chi connectivity index (χ4v) is 4.08. The second-order valence-corrected chi connectivity index (χ2v) is 8.24. The number of carbonyl (C=O) groups is 2. The molecule has 1 saturated carbocycles. The van der Waals surface area contributed by atoms with E-state index in [0.717, 1.165) is 18.4 Å². The molecule has 2 aromatic rings. The van der Waals surface area contributed by atoms with Crippen LogP contribution in [-0.2, 0) is 11.8 Å². The van der Waals surface area contributed by atoms with E-state index in [1.807, 2.05) is 37.6 Å². The number of hydrogen-bond acceptors (Lipinski definition) is 5. The first-order valence-corrected chi connectivity index (χ1v) is 10.6. The van der Waals surface area contributed by atoms with Crippen molar-refractivity contribution in [2.45, 2.75) is 56.8 Å². The first-order chi connectivity index (χ1) is 13.4. The SMILES string of the molecule is Cc1ccc(C(=O)N[C@@H](C)c2nnc(SCC(=O)NC3CCCC3)n2C)cc1. The number of hydrogen-bond donors (Lipinski definition) is 2. The minimum atomic E-state index is -0.298. The number of rotatable bonds is 7. The topological polar surface area (TPSA) is 88.9 Å². The molecule has 0 radical (unpaired) electrons. The van der Waals surface area contributed by atoms with Crippen molar-refractivity contribution in [3.05, 3.63) is 41.2 Å². The molecule has 0 saturated heterocycles. The van der Waals surface area contributed by atoms with Gasteiger partial charge in [-0.2, -0.15) is 0 Å². The Morgan fingerprint density at radius 3 is 2.57 bits per heavy atom. The Labute approximate surface area is 169 Å². The fourth-order valence-electron chi connectivity index (χ4n) is 3.35. The van der Waals surface area contributed by atoms with Crippen LogP contribution in [0, 0.1) is 6.92 Å². The molecule has 2 amide bonds. The van der Waals surface area contributed by atoms with E-state index in [9.17, 15) is 9.59 Å². The number of aromatic nitrogens is 3. The zero-order valence-electron chi connectivity index (χ0n) is 16.6. The molecule has 8 heteroatoms. The zero-order chi connectivity index (χ0) is 20.1. The van der Waals surface area contributed by atoms with Crippen LogP contribution >= 0.6 is 11.8 Å². The maximum atomic E-state index is 12.4. The zero-order valence-corrected chi connectivity index (χ0v) is 17.4. The summed E-state index contributed by atoms with van der Waals surface area (Å²) in [6.07, 6.45) is 4.53. The van der Waals surface area contributed by atoms with Gasteiger partial charge in [-0.25, -0.2) is 0 Å². The molecule has 7 nitrogen and oxygen atoms in total. The van der Waals surface area contributed by atoms with Crippen molar-refractivity contribution in [2.24, 2.45) is 7.05 Å². The van der Waals surface area contributed by atoms with Gasteiger partial charge in [-0.1, -0.05) is 42.3 Å². The maximum absolute atomic E-state index is 12.4. The Kier molecular flexibility index (Phi) is 6.72. The monoisotopic (exact) mass is 401 g/mol. The number of nitrogens with zero attached hydrogens (tertiary/aromatic N) is 3. The molecule has 28 heavy (non-hydrogen) atoms. The second-order valence-electron chi connectivity index (χ2n) is 7.30. The van der Waals surface area contributed by atoms with Crippen molar-refractivity contribution in [1.29, 1.82) is 0 Å². The summed E-state index contributed by atoms with van der Waals surface area (Å²) in [5.74, 6) is 0.842. The molecule has 1 aliphatic rings. The number of thioether (sulfide) groups is 1. The van der Waals surface area contributed by atoms with Crippen LogP contribution in [0.4, 0.5) is 0 Å². The Morgan fingerprint density at radius 1 is 1.21 bits per heavy atom. The van der Waals surface area contributed by atoms with Gasteiger partial charge >= 0.3 is 0 Å². The van der Waals surface area contributed by atoms with Crippen LogP contribution < -0.4 is 10.6 Å². The molecule has 0 bridgehead atoms. The van der Waals surface area contributed by atoms with Gasteiger partial charge in [-0.05, 0) is 38.8 Å². The molecule has 1 aromatic carbocycles. The summed E-state index contributed by atoms with van der Waals surface area (Å²) in [5, 5.41) is 15.1. The Hall–Kier alpha value is -2.35. The van der Waals surface area contributed by atoms with Crippen molar-refractivity contribution < 1.29 is 9.59 Å². The van der Waals surface area contributed by atoms with Gasteiger partial charge in [-0.3, -0.25) is 9.59 Å². The molecule has 150 valence electrons. The number of aryl methyl sites for hydroxylation is 1. The van der Waals surface area contributed by atoms with E-state index in [0.29, 0.717) is 28.3 Å². The lowest BCUT2D eigenvalue weighted by molar-refractivity contribution is -0.119. The van der Waals surface area contributed by atoms with Crippen molar-refractivity contribution in [3.8, 4) is 0 Å². The van der Waals surface area contributed by atoms with E-state index in [-0.39, 0.29) is 17.9 Å². The number of benzene rings is 1. The first-order valence-electron chi connectivity index (χ1n) is 9.63. The predicted octanol–water partition coefficient (Wildman–Crippen LogP) is 2.77. The second kappa shape index (κ2) is 9.23. The number of amides is 2. The van der Waals surface area contributed by atoms with Crippen molar-refractivity contribution in [1.82, 2.24) is 25.4 Å². The van der Waals surface area contributed by atoms with Gasteiger partial charge in [0, 0.05) is 18.7 Å². The summed E-state index contributed by atoms with van der Waals surface area (Å²) in [5.41, 5.74) is 1.72. The highest BCUT2D eigenvalue weighted by Gasteiger charge is 2.20. The molecule has 3 rings (SSSR count). The van der Waals surface area contributed by atoms with E-state index < -0.39 is 0 Å². The van der Waals surface area contributed by atoms with E-state index in [4.69, 9.17) is 0 Å². The van der Waals surface area contributed by atoms with Gasteiger partial charge < -0.3 is 15.2 Å². The van der Waals surface area contributed by atoms with Gasteiger partial charge in [0.25, 0.3) is 5.91 Å². The highest BCUT2D eigenvalue weighted by Crippen LogP contribution is 2.21. The molecule has 1 heterocycles. The van der Waals surface area contributed by atoms with Crippen LogP contribution in [0.25, 0.3) is 0 Å². The largest absolute Gasteiger partial charge is 0.353 e. The molecule has 0 spiro atoms. The number of carbonyl (C=O) groups excluding carboxylic acids is 2. The first kappa shape index (κ1) is 20.4. The van der Waals surface area contributed by atoms with Crippen molar-refractivity contribution in [2.75, 3.05) is 5.75 Å². The van der Waals surface area contributed by atoms with Crippen LogP contribution in [-0.4, -0.2) is 38.4 Å². The van der Waals surface area contributed by atoms with Crippen LogP contribution in [0.3, 0.4) is 0 Å². The van der Waals surface area contributed by atoms with Crippen LogP contribution in [0.2, 0.25) is 0 Å². The molecule has 1 aromatic heterocycles. The molecular formula is C20H27N5O2S. The molecule has 0 aliphatic heterocycles. The molecule has 1 atom stereocenters. The van der Waals surface area contributed by atoms with E-state index in [1.165, 1.54) is 24.6 Å². The molecule has 0 unspecified atom stereocenters. The molecular weight excluding hydrogens is 374 g/mol. The minimum Gasteiger partial charge on any atom is -0.353 e. The van der Waals surface area contributed by atoms with E-state index >= 15 is 0 Å². The smallest absolute Gasteiger partial charge is 0.251 e. The van der Waals surface area contributed by atoms with Gasteiger partial charge in [0.05, 0.1) is 11.8 Å². The van der Waals surface area contributed by atoms with Gasteiger partial charge in [0.15, 0.2) is 11.0 Å². The summed E-state index contributed by atoms with van der Waals surface area (Å²) < 4.78 is 1.83. The number of nitrogens with one attached hydrogen (secondary N) is 2. The van der Waals surface area contributed by atoms with E-state index in [2.05, 4.69) is 20.8 Å². The Morgan fingerprint density at radius 2 is 1.89 bits per heavy atom. The van der Waals surface area contributed by atoms with Crippen LogP contribution in [0.15, 0.2) is 29.4 Å². The fraction of sp³-hybridized carbons (Fsp3) is 0.500. The summed E-state index contributed by atoms with van der Waals surface area (Å²) >= 11 is 1.36. The summed E-state index contributed by atoms with van der Waals surface area (Å²) in [4.78, 5) is 24.5. The average molecular weight is 402 g/mol. The van der Waals surface area contributed by atoms with Gasteiger partial charge in [-0.15, -0.1) is 10.2 Å². The molecule has 2 N–H and O–H groups in total. The minimum absolute atomic E-state index is 0.0298. The van der Waals surface area contributed by atoms with Crippen LogP contribution in [0.5, 0.6) is 0 Å². The Bertz CT molecular complexity index is 828. The van der Waals surface area contributed by atoms with Crippen molar-refractivity contribution >= 4 is 23.6 Å². The summed E-state index contributed by atoms with van der Waals surface area (Å²) in [7, 11) is 1.85. The van der Waals surface area contributed by atoms with Crippen molar-refractivity contribution in [3.63, 3.8) is 0 Å². The normalized spacial score (nSPS) is 15.4. The molecule has 1 aliphatic carbocycles. The maximum Gasteiger partial charge on any atom is 0.251 e. The third-order valence-electron chi connectivity index (χ3n) is 4.97. The lowest BCUT2D eigenvalue weighted by Gasteiger charge is -2.14. The highest BCUT2D eigenvalue weighted by atomic mass is 32.2. The third-order valence-corrected chi connectivity index (χ3v) is 5.99. The quantitative estimate of drug-likeness (QED) is 0.697. The summed E-state index contributed by atoms with van der Waals surface area (Å²) in [6.45, 7) is 3.86. The molecule has 1 fully saturated rings. The lowest BCUT2D eigenvalue weighted by atomic mass is 10.1. The average Bonchev–Trinajstić information content (AvgIpc) is 3.30. The highest BCUT2D eigenvalue weighted by molar-refractivity contribution is 7.99. The standard InChI is InChI=1S/C20H27N5O2S/c1-13-8-10-15(11-9-13)19(27)21-14(2)18-23-24-20(25(18)3)28-12-17(26)22-16-6-4-5-7-16/h8-11,14,16H,4-7,12H2,1-3H3,(H,21,27)(H,22,26)/t14-/m0/s1. The summed E-state index contributed by atoms with van der Waals surface area (Å²) in [6, 6.07) is 7.45.